The minimum Gasteiger partial charge on any atom is -0.309 e. The number of hydrogen-bond donors (Lipinski definition) is 0. The largest absolute Gasteiger partial charge is 0.309 e. The molecule has 0 aliphatic rings. The molecule has 8 aromatic carbocycles. The number of para-hydroxylation sites is 6. The maximum Gasteiger partial charge on any atom is 0.0541 e. The number of hydrogen-bond acceptors (Lipinski definition) is 0. The zero-order valence-electron chi connectivity index (χ0n) is 27.7. The van der Waals surface area contributed by atoms with E-state index in [1.165, 1.54) is 71.0 Å². The summed E-state index contributed by atoms with van der Waals surface area (Å²) in [6.45, 7) is 0. The lowest BCUT2D eigenvalue weighted by Crippen LogP contribution is -2.00. The summed E-state index contributed by atoms with van der Waals surface area (Å²) >= 11 is 0. The average molecular weight is 650 g/mol. The van der Waals surface area contributed by atoms with E-state index in [2.05, 4.69) is 202 Å². The molecule has 0 N–H and O–H groups in total. The SMILES string of the molecule is c1cc(-c2cc(-n3c4ccccc4c4ccccc43)cc(-n3c4ccccc4c4ccccc43)c2)cc(-n2c3ccccc3c3ccccc32)c1. The van der Waals surface area contributed by atoms with Crippen LogP contribution < -0.4 is 0 Å². The molecule has 0 saturated heterocycles. The summed E-state index contributed by atoms with van der Waals surface area (Å²) in [5.74, 6) is 0. The molecule has 11 aromatic rings. The lowest BCUT2D eigenvalue weighted by Gasteiger charge is -2.16. The van der Waals surface area contributed by atoms with Gasteiger partial charge in [0.15, 0.2) is 0 Å². The first-order valence-corrected chi connectivity index (χ1v) is 17.5. The smallest absolute Gasteiger partial charge is 0.0541 e. The molecule has 0 unspecified atom stereocenters. The number of aromatic nitrogens is 3. The van der Waals surface area contributed by atoms with Gasteiger partial charge in [0.2, 0.25) is 0 Å². The number of rotatable bonds is 4. The molecule has 0 radical (unpaired) electrons. The lowest BCUT2D eigenvalue weighted by atomic mass is 10.0. The molecule has 0 amide bonds. The van der Waals surface area contributed by atoms with Crippen molar-refractivity contribution in [2.24, 2.45) is 0 Å². The molecular weight excluding hydrogens is 619 g/mol. The van der Waals surface area contributed by atoms with Gasteiger partial charge < -0.3 is 13.7 Å². The topological polar surface area (TPSA) is 14.8 Å². The third kappa shape index (κ3) is 4.12. The van der Waals surface area contributed by atoms with Crippen molar-refractivity contribution in [2.75, 3.05) is 0 Å². The first kappa shape index (κ1) is 28.0. The molecule has 3 nitrogen and oxygen atoms in total. The van der Waals surface area contributed by atoms with Gasteiger partial charge in [-0.1, -0.05) is 121 Å². The monoisotopic (exact) mass is 649 g/mol. The van der Waals surface area contributed by atoms with Crippen LogP contribution >= 0.6 is 0 Å². The highest BCUT2D eigenvalue weighted by atomic mass is 15.0. The standard InChI is InChI=1S/C48H31N3/c1-7-22-43-37(16-1)38-17-2-8-23-44(38)49(43)34-15-13-14-32(28-34)33-29-35(50-45-24-9-3-18-39(45)40-19-4-10-25-46(40)50)31-36(30-33)51-47-26-11-5-20-41(47)42-21-6-12-27-48(42)51/h1-31H. The number of benzene rings is 8. The zero-order valence-corrected chi connectivity index (χ0v) is 27.7. The van der Waals surface area contributed by atoms with Crippen LogP contribution in [0.2, 0.25) is 0 Å². The van der Waals surface area contributed by atoms with E-state index in [0.717, 1.165) is 22.6 Å². The molecule has 0 atom stereocenters. The summed E-state index contributed by atoms with van der Waals surface area (Å²) in [5, 5.41) is 7.55. The van der Waals surface area contributed by atoms with Gasteiger partial charge in [0.25, 0.3) is 0 Å². The molecule has 0 fully saturated rings. The van der Waals surface area contributed by atoms with Gasteiger partial charge in [-0.15, -0.1) is 0 Å². The van der Waals surface area contributed by atoms with Gasteiger partial charge in [-0.3, -0.25) is 0 Å². The zero-order chi connectivity index (χ0) is 33.5. The molecule has 0 bridgehead atoms. The van der Waals surface area contributed by atoms with E-state index in [-0.39, 0.29) is 0 Å². The molecule has 11 rings (SSSR count). The molecule has 238 valence electrons. The maximum atomic E-state index is 2.43. The third-order valence-corrected chi connectivity index (χ3v) is 10.6. The highest BCUT2D eigenvalue weighted by molar-refractivity contribution is 6.11. The van der Waals surface area contributed by atoms with Crippen molar-refractivity contribution in [3.63, 3.8) is 0 Å². The van der Waals surface area contributed by atoms with Gasteiger partial charge in [0, 0.05) is 49.4 Å². The fourth-order valence-corrected chi connectivity index (χ4v) is 8.45. The first-order chi connectivity index (χ1) is 25.3. The Bertz CT molecular complexity index is 2860. The van der Waals surface area contributed by atoms with Crippen LogP contribution in [0.25, 0.3) is 93.6 Å². The van der Waals surface area contributed by atoms with E-state index < -0.39 is 0 Å². The normalized spacial score (nSPS) is 11.9. The minimum absolute atomic E-state index is 1.13. The summed E-state index contributed by atoms with van der Waals surface area (Å²) in [7, 11) is 0. The number of fused-ring (bicyclic) bond motifs is 9. The molecule has 0 spiro atoms. The van der Waals surface area contributed by atoms with Gasteiger partial charge in [0.05, 0.1) is 33.1 Å². The van der Waals surface area contributed by atoms with Crippen LogP contribution in [0.15, 0.2) is 188 Å². The Kier molecular flexibility index (Phi) is 5.96. The molecule has 3 heterocycles. The predicted molar refractivity (Wildman–Crippen MR) is 215 cm³/mol. The van der Waals surface area contributed by atoms with E-state index in [0.29, 0.717) is 0 Å². The molecule has 0 aliphatic carbocycles. The second-order valence-electron chi connectivity index (χ2n) is 13.4. The predicted octanol–water partition coefficient (Wildman–Crippen LogP) is 12.6. The van der Waals surface area contributed by atoms with Crippen molar-refractivity contribution in [3.8, 4) is 28.2 Å². The Labute approximate surface area is 294 Å². The lowest BCUT2D eigenvalue weighted by molar-refractivity contribution is 1.13. The Morgan fingerprint density at radius 3 is 0.863 bits per heavy atom. The van der Waals surface area contributed by atoms with Crippen molar-refractivity contribution in [2.45, 2.75) is 0 Å². The van der Waals surface area contributed by atoms with Gasteiger partial charge in [-0.25, -0.2) is 0 Å². The Morgan fingerprint density at radius 2 is 0.510 bits per heavy atom. The van der Waals surface area contributed by atoms with Crippen LogP contribution in [-0.4, -0.2) is 13.7 Å². The van der Waals surface area contributed by atoms with Gasteiger partial charge in [0.1, 0.15) is 0 Å². The van der Waals surface area contributed by atoms with Crippen LogP contribution in [-0.2, 0) is 0 Å². The van der Waals surface area contributed by atoms with Gasteiger partial charge in [-0.2, -0.15) is 0 Å². The summed E-state index contributed by atoms with van der Waals surface area (Å²) in [6.07, 6.45) is 0. The summed E-state index contributed by atoms with van der Waals surface area (Å²) < 4.78 is 7.27. The van der Waals surface area contributed by atoms with Gasteiger partial charge >= 0.3 is 0 Å². The fraction of sp³-hybridized carbons (Fsp3) is 0. The van der Waals surface area contributed by atoms with Crippen molar-refractivity contribution in [1.29, 1.82) is 0 Å². The molecule has 0 aliphatic heterocycles. The van der Waals surface area contributed by atoms with Crippen LogP contribution in [0.5, 0.6) is 0 Å². The van der Waals surface area contributed by atoms with Crippen LogP contribution in [0.1, 0.15) is 0 Å². The highest BCUT2D eigenvalue weighted by Crippen LogP contribution is 2.39. The van der Waals surface area contributed by atoms with E-state index in [1.54, 1.807) is 0 Å². The van der Waals surface area contributed by atoms with Crippen molar-refractivity contribution < 1.29 is 0 Å². The first-order valence-electron chi connectivity index (χ1n) is 17.5. The average Bonchev–Trinajstić information content (AvgIpc) is 3.84. The molecular formula is C48H31N3. The van der Waals surface area contributed by atoms with E-state index in [4.69, 9.17) is 0 Å². The van der Waals surface area contributed by atoms with E-state index >= 15 is 0 Å². The van der Waals surface area contributed by atoms with Gasteiger partial charge in [-0.05, 0) is 77.9 Å². The second-order valence-corrected chi connectivity index (χ2v) is 13.4. The Balaban J connectivity index is 1.22. The van der Waals surface area contributed by atoms with E-state index in [9.17, 15) is 0 Å². The molecule has 3 aromatic heterocycles. The van der Waals surface area contributed by atoms with Crippen molar-refractivity contribution in [1.82, 2.24) is 13.7 Å². The quantitative estimate of drug-likeness (QED) is 0.180. The maximum absolute atomic E-state index is 2.43. The van der Waals surface area contributed by atoms with Crippen LogP contribution in [0, 0.1) is 0 Å². The van der Waals surface area contributed by atoms with Crippen LogP contribution in [0.4, 0.5) is 0 Å². The Morgan fingerprint density at radius 1 is 0.216 bits per heavy atom. The molecule has 51 heavy (non-hydrogen) atoms. The summed E-state index contributed by atoms with van der Waals surface area (Å²) in [4.78, 5) is 0. The third-order valence-electron chi connectivity index (χ3n) is 10.6. The Hall–Kier alpha value is -6.84. The summed E-state index contributed by atoms with van der Waals surface area (Å²) in [5.41, 5.74) is 12.9. The molecule has 0 saturated carbocycles. The van der Waals surface area contributed by atoms with Crippen molar-refractivity contribution >= 4 is 65.4 Å². The summed E-state index contributed by atoms with van der Waals surface area (Å²) in [6, 6.07) is 68.6. The number of nitrogens with zero attached hydrogens (tertiary/aromatic N) is 3. The molecule has 3 heteroatoms. The fourth-order valence-electron chi connectivity index (χ4n) is 8.45. The van der Waals surface area contributed by atoms with Crippen molar-refractivity contribution in [3.05, 3.63) is 188 Å². The highest BCUT2D eigenvalue weighted by Gasteiger charge is 2.18. The van der Waals surface area contributed by atoms with E-state index in [1.807, 2.05) is 0 Å². The minimum atomic E-state index is 1.13. The second kappa shape index (κ2) is 10.8. The van der Waals surface area contributed by atoms with Crippen LogP contribution in [0.3, 0.4) is 0 Å².